The molecule has 154 valence electrons. The van der Waals surface area contributed by atoms with Crippen LogP contribution in [0.15, 0.2) is 48.5 Å². The second kappa shape index (κ2) is 8.36. The minimum absolute atomic E-state index is 0.202. The van der Waals surface area contributed by atoms with E-state index in [-0.39, 0.29) is 24.3 Å². The number of aromatic amines is 1. The van der Waals surface area contributed by atoms with Gasteiger partial charge in [-0.2, -0.15) is 0 Å². The number of H-pyrrole nitrogens is 1. The van der Waals surface area contributed by atoms with Crippen molar-refractivity contribution in [3.8, 4) is 11.4 Å². The fourth-order valence-corrected chi connectivity index (χ4v) is 3.66. The molecular formula is C22H22N4O4. The Morgan fingerprint density at radius 2 is 1.77 bits per heavy atom. The Morgan fingerprint density at radius 3 is 2.50 bits per heavy atom. The number of hydrogen-bond donors (Lipinski definition) is 2. The molecule has 0 aliphatic carbocycles. The van der Waals surface area contributed by atoms with Gasteiger partial charge in [-0.15, -0.1) is 0 Å². The van der Waals surface area contributed by atoms with Crippen LogP contribution >= 0.6 is 0 Å². The summed E-state index contributed by atoms with van der Waals surface area (Å²) in [7, 11) is 0. The molecular weight excluding hydrogens is 384 g/mol. The first-order chi connectivity index (χ1) is 14.5. The van der Waals surface area contributed by atoms with Crippen LogP contribution in [-0.2, 0) is 14.3 Å². The van der Waals surface area contributed by atoms with Gasteiger partial charge in [-0.3, -0.25) is 9.59 Å². The van der Waals surface area contributed by atoms with Gasteiger partial charge in [0.25, 0.3) is 5.91 Å². The largest absolute Gasteiger partial charge is 0.452 e. The van der Waals surface area contributed by atoms with Crippen molar-refractivity contribution in [1.82, 2.24) is 14.9 Å². The van der Waals surface area contributed by atoms with Crippen LogP contribution in [0.3, 0.4) is 0 Å². The summed E-state index contributed by atoms with van der Waals surface area (Å²) in [5, 5.41) is 0. The molecule has 0 unspecified atom stereocenters. The fraction of sp³-hybridized carbons (Fsp3) is 0.273. The lowest BCUT2D eigenvalue weighted by Crippen LogP contribution is -2.43. The number of benzene rings is 2. The van der Waals surface area contributed by atoms with E-state index < -0.39 is 5.97 Å². The maximum atomic E-state index is 12.7. The molecule has 1 aliphatic heterocycles. The van der Waals surface area contributed by atoms with Crippen LogP contribution in [0.2, 0.25) is 0 Å². The van der Waals surface area contributed by atoms with Crippen LogP contribution in [0.5, 0.6) is 0 Å². The van der Waals surface area contributed by atoms with Gasteiger partial charge >= 0.3 is 5.97 Å². The maximum Gasteiger partial charge on any atom is 0.339 e. The normalized spacial score (nSPS) is 14.6. The number of carbonyl (C=O) groups is 3. The number of ether oxygens (including phenoxy) is 1. The highest BCUT2D eigenvalue weighted by Crippen LogP contribution is 2.24. The fourth-order valence-electron chi connectivity index (χ4n) is 3.66. The number of nitrogens with one attached hydrogen (secondary N) is 1. The molecule has 3 N–H and O–H groups in total. The number of fused-ring (bicyclic) bond motifs is 1. The van der Waals surface area contributed by atoms with Crippen molar-refractivity contribution in [3.05, 3.63) is 54.1 Å². The number of nitrogens with two attached hydrogens (primary N) is 1. The number of likely N-dealkylation sites (tertiary alicyclic amines) is 1. The van der Waals surface area contributed by atoms with Gasteiger partial charge in [0, 0.05) is 24.6 Å². The summed E-state index contributed by atoms with van der Waals surface area (Å²) >= 11 is 0. The van der Waals surface area contributed by atoms with Gasteiger partial charge in [0.1, 0.15) is 5.82 Å². The molecule has 0 saturated carbocycles. The van der Waals surface area contributed by atoms with E-state index in [0.717, 1.165) is 11.0 Å². The van der Waals surface area contributed by atoms with E-state index >= 15 is 0 Å². The third-order valence-corrected chi connectivity index (χ3v) is 5.37. The molecule has 2 heterocycles. The first kappa shape index (κ1) is 19.6. The molecule has 1 saturated heterocycles. The first-order valence-corrected chi connectivity index (χ1v) is 9.81. The molecule has 1 fully saturated rings. The smallest absolute Gasteiger partial charge is 0.339 e. The minimum atomic E-state index is -0.591. The Balaban J connectivity index is 1.43. The van der Waals surface area contributed by atoms with E-state index in [1.165, 1.54) is 0 Å². The van der Waals surface area contributed by atoms with Crippen molar-refractivity contribution < 1.29 is 19.1 Å². The molecule has 2 aromatic carbocycles. The number of piperidine rings is 1. The van der Waals surface area contributed by atoms with Crippen LogP contribution in [-0.4, -0.2) is 52.3 Å². The zero-order chi connectivity index (χ0) is 21.1. The number of aromatic nitrogens is 2. The number of imidazole rings is 1. The molecule has 30 heavy (non-hydrogen) atoms. The number of nitrogens with zero attached hydrogens (tertiary/aromatic N) is 2. The number of amides is 2. The van der Waals surface area contributed by atoms with Crippen molar-refractivity contribution in [3.63, 3.8) is 0 Å². The summed E-state index contributed by atoms with van der Waals surface area (Å²) in [6, 6.07) is 14.6. The highest BCUT2D eigenvalue weighted by atomic mass is 16.5. The Morgan fingerprint density at radius 1 is 1.07 bits per heavy atom. The number of para-hydroxylation sites is 2. The molecule has 4 rings (SSSR count). The molecule has 2 amide bonds. The van der Waals surface area contributed by atoms with E-state index in [4.69, 9.17) is 10.5 Å². The molecule has 8 nitrogen and oxygen atoms in total. The Labute approximate surface area is 173 Å². The van der Waals surface area contributed by atoms with Crippen molar-refractivity contribution in [2.75, 3.05) is 19.7 Å². The topological polar surface area (TPSA) is 118 Å². The van der Waals surface area contributed by atoms with Crippen LogP contribution < -0.4 is 5.73 Å². The van der Waals surface area contributed by atoms with Crippen LogP contribution in [0.1, 0.15) is 23.2 Å². The maximum absolute atomic E-state index is 12.7. The quantitative estimate of drug-likeness (QED) is 0.629. The highest BCUT2D eigenvalue weighted by Gasteiger charge is 2.26. The first-order valence-electron chi connectivity index (χ1n) is 9.81. The van der Waals surface area contributed by atoms with Gasteiger partial charge < -0.3 is 20.4 Å². The lowest BCUT2D eigenvalue weighted by atomic mass is 9.96. The summed E-state index contributed by atoms with van der Waals surface area (Å²) in [5.74, 6) is -0.856. The van der Waals surface area contributed by atoms with Crippen molar-refractivity contribution in [1.29, 1.82) is 0 Å². The highest BCUT2D eigenvalue weighted by molar-refractivity contribution is 5.98. The van der Waals surface area contributed by atoms with Gasteiger partial charge in [0.2, 0.25) is 5.91 Å². The third-order valence-electron chi connectivity index (χ3n) is 5.37. The molecule has 0 radical (unpaired) electrons. The second-order valence-electron chi connectivity index (χ2n) is 7.28. The van der Waals surface area contributed by atoms with E-state index in [9.17, 15) is 14.4 Å². The van der Waals surface area contributed by atoms with Crippen molar-refractivity contribution >= 4 is 28.8 Å². The SMILES string of the molecule is NC(=O)C1CCN(C(=O)COC(=O)c2ccccc2-c2nc3ccccc3[nH]2)CC1. The number of hydrogen-bond acceptors (Lipinski definition) is 5. The van der Waals surface area contributed by atoms with Crippen molar-refractivity contribution in [2.24, 2.45) is 11.7 Å². The minimum Gasteiger partial charge on any atom is -0.452 e. The average Bonchev–Trinajstić information content (AvgIpc) is 3.21. The molecule has 0 atom stereocenters. The predicted octanol–water partition coefficient (Wildman–Crippen LogP) is 2.11. The predicted molar refractivity (Wildman–Crippen MR) is 110 cm³/mol. The van der Waals surface area contributed by atoms with E-state index in [2.05, 4.69) is 9.97 Å². The van der Waals surface area contributed by atoms with E-state index in [0.29, 0.717) is 42.9 Å². The Bertz CT molecular complexity index is 1070. The lowest BCUT2D eigenvalue weighted by Gasteiger charge is -2.30. The Kier molecular flexibility index (Phi) is 5.47. The molecule has 3 aromatic rings. The molecule has 1 aliphatic rings. The second-order valence-corrected chi connectivity index (χ2v) is 7.28. The molecule has 0 bridgehead atoms. The third kappa shape index (κ3) is 4.03. The molecule has 1 aromatic heterocycles. The lowest BCUT2D eigenvalue weighted by molar-refractivity contribution is -0.137. The van der Waals surface area contributed by atoms with Crippen LogP contribution in [0.4, 0.5) is 0 Å². The van der Waals surface area contributed by atoms with Gasteiger partial charge in [-0.1, -0.05) is 30.3 Å². The summed E-state index contributed by atoms with van der Waals surface area (Å²) in [6.45, 7) is 0.508. The standard InChI is InChI=1S/C22H22N4O4/c23-20(28)14-9-11-26(12-10-14)19(27)13-30-22(29)16-6-2-1-5-15(16)21-24-17-7-3-4-8-18(17)25-21/h1-8,14H,9-13H2,(H2,23,28)(H,24,25). The summed E-state index contributed by atoms with van der Waals surface area (Å²) in [4.78, 5) is 45.7. The average molecular weight is 406 g/mol. The zero-order valence-corrected chi connectivity index (χ0v) is 16.3. The number of esters is 1. The molecule has 8 heteroatoms. The van der Waals surface area contributed by atoms with Gasteiger partial charge in [-0.05, 0) is 31.0 Å². The van der Waals surface area contributed by atoms with E-state index in [1.54, 1.807) is 23.1 Å². The number of primary amides is 1. The summed E-state index contributed by atoms with van der Waals surface area (Å²) in [5.41, 5.74) is 7.92. The summed E-state index contributed by atoms with van der Waals surface area (Å²) < 4.78 is 5.29. The van der Waals surface area contributed by atoms with Crippen LogP contribution in [0, 0.1) is 5.92 Å². The van der Waals surface area contributed by atoms with E-state index in [1.807, 2.05) is 30.3 Å². The monoisotopic (exact) mass is 406 g/mol. The van der Waals surface area contributed by atoms with Crippen molar-refractivity contribution in [2.45, 2.75) is 12.8 Å². The number of carbonyl (C=O) groups excluding carboxylic acids is 3. The Hall–Kier alpha value is -3.68. The zero-order valence-electron chi connectivity index (χ0n) is 16.3. The van der Waals surface area contributed by atoms with Gasteiger partial charge in [0.05, 0.1) is 16.6 Å². The van der Waals surface area contributed by atoms with Gasteiger partial charge in [-0.25, -0.2) is 9.78 Å². The van der Waals surface area contributed by atoms with Crippen LogP contribution in [0.25, 0.3) is 22.4 Å². The molecule has 0 spiro atoms. The number of rotatable bonds is 5. The van der Waals surface area contributed by atoms with Gasteiger partial charge in [0.15, 0.2) is 6.61 Å². The summed E-state index contributed by atoms with van der Waals surface area (Å²) in [6.07, 6.45) is 1.06.